The summed E-state index contributed by atoms with van der Waals surface area (Å²) in [6.07, 6.45) is 0.557. The second-order valence-corrected chi connectivity index (χ2v) is 9.14. The molecule has 0 saturated carbocycles. The quantitative estimate of drug-likeness (QED) is 0.774. The van der Waals surface area contributed by atoms with E-state index in [2.05, 4.69) is 5.32 Å². The molecule has 0 bridgehead atoms. The molecule has 0 aliphatic carbocycles. The van der Waals surface area contributed by atoms with E-state index in [-0.39, 0.29) is 22.6 Å². The van der Waals surface area contributed by atoms with Gasteiger partial charge in [0.15, 0.2) is 14.9 Å². The Morgan fingerprint density at radius 3 is 2.67 bits per heavy atom. The highest BCUT2D eigenvalue weighted by Crippen LogP contribution is 2.22. The van der Waals surface area contributed by atoms with Gasteiger partial charge >= 0.3 is 0 Å². The number of thiocarbonyl (C=S) groups is 1. The van der Waals surface area contributed by atoms with Crippen molar-refractivity contribution in [3.05, 3.63) is 29.0 Å². The molecule has 2 rings (SSSR count). The first-order valence-electron chi connectivity index (χ1n) is 7.56. The molecule has 1 aliphatic heterocycles. The van der Waals surface area contributed by atoms with Crippen molar-refractivity contribution in [1.82, 2.24) is 9.80 Å². The molecule has 0 unspecified atom stereocenters. The first-order valence-corrected chi connectivity index (χ1v) is 10.2. The van der Waals surface area contributed by atoms with Gasteiger partial charge in [-0.1, -0.05) is 11.6 Å². The standard InChI is InChI=1S/C15H21ClFN3O2S2/c1-19(2)6-7-20(12-5-8-24(21,22)10-12)15(23)18-11-3-4-14(17)13(16)9-11/h3-4,9,12H,5-8,10H2,1-2H3,(H,18,23)/t12-/m0/s1. The Hall–Kier alpha value is -0.960. The third-order valence-electron chi connectivity index (χ3n) is 3.87. The van der Waals surface area contributed by atoms with Crippen LogP contribution in [0.15, 0.2) is 18.2 Å². The fourth-order valence-electron chi connectivity index (χ4n) is 2.55. The lowest BCUT2D eigenvalue weighted by atomic mass is 10.2. The summed E-state index contributed by atoms with van der Waals surface area (Å²) in [4.78, 5) is 3.91. The van der Waals surface area contributed by atoms with E-state index < -0.39 is 15.7 Å². The Morgan fingerprint density at radius 1 is 1.42 bits per heavy atom. The summed E-state index contributed by atoms with van der Waals surface area (Å²) in [5, 5.41) is 3.45. The Morgan fingerprint density at radius 2 is 2.12 bits per heavy atom. The molecule has 134 valence electrons. The summed E-state index contributed by atoms with van der Waals surface area (Å²) in [6, 6.07) is 4.12. The SMILES string of the molecule is CN(C)CCN(C(=S)Nc1ccc(F)c(Cl)c1)[C@H]1CCS(=O)(=O)C1. The zero-order valence-electron chi connectivity index (χ0n) is 13.6. The van der Waals surface area contributed by atoms with Gasteiger partial charge in [-0.05, 0) is 50.9 Å². The molecule has 0 spiro atoms. The largest absolute Gasteiger partial charge is 0.344 e. The van der Waals surface area contributed by atoms with Crippen molar-refractivity contribution >= 4 is 44.5 Å². The number of hydrogen-bond acceptors (Lipinski definition) is 4. The van der Waals surface area contributed by atoms with Gasteiger partial charge in [-0.3, -0.25) is 0 Å². The average molecular weight is 394 g/mol. The van der Waals surface area contributed by atoms with E-state index >= 15 is 0 Å². The van der Waals surface area contributed by atoms with Crippen LogP contribution in [0.1, 0.15) is 6.42 Å². The van der Waals surface area contributed by atoms with E-state index in [1.807, 2.05) is 23.9 Å². The van der Waals surface area contributed by atoms with Crippen molar-refractivity contribution in [3.8, 4) is 0 Å². The van der Waals surface area contributed by atoms with Crippen molar-refractivity contribution in [2.75, 3.05) is 44.0 Å². The second-order valence-electron chi connectivity index (χ2n) is 6.11. The minimum atomic E-state index is -3.01. The Balaban J connectivity index is 2.12. The van der Waals surface area contributed by atoms with E-state index in [4.69, 9.17) is 23.8 Å². The van der Waals surface area contributed by atoms with E-state index in [9.17, 15) is 12.8 Å². The third kappa shape index (κ3) is 5.27. The third-order valence-corrected chi connectivity index (χ3v) is 6.25. The topological polar surface area (TPSA) is 52.6 Å². The Bertz CT molecular complexity index is 713. The lowest BCUT2D eigenvalue weighted by molar-refractivity contribution is 0.289. The number of halogens is 2. The predicted octanol–water partition coefficient (Wildman–Crippen LogP) is 2.23. The maximum atomic E-state index is 13.3. The first kappa shape index (κ1) is 19.4. The highest BCUT2D eigenvalue weighted by molar-refractivity contribution is 7.91. The van der Waals surface area contributed by atoms with Crippen LogP contribution in [0.25, 0.3) is 0 Å². The van der Waals surface area contributed by atoms with Crippen LogP contribution in [0.4, 0.5) is 10.1 Å². The molecule has 1 aromatic rings. The van der Waals surface area contributed by atoms with Crippen LogP contribution in [0.2, 0.25) is 5.02 Å². The van der Waals surface area contributed by atoms with Crippen LogP contribution in [-0.2, 0) is 9.84 Å². The summed E-state index contributed by atoms with van der Waals surface area (Å²) in [6.45, 7) is 1.34. The highest BCUT2D eigenvalue weighted by atomic mass is 35.5. The molecule has 0 aromatic heterocycles. The van der Waals surface area contributed by atoms with Crippen molar-refractivity contribution in [1.29, 1.82) is 0 Å². The van der Waals surface area contributed by atoms with Crippen LogP contribution < -0.4 is 5.32 Å². The maximum Gasteiger partial charge on any atom is 0.173 e. The number of hydrogen-bond donors (Lipinski definition) is 1. The molecule has 24 heavy (non-hydrogen) atoms. The van der Waals surface area contributed by atoms with E-state index in [0.717, 1.165) is 6.54 Å². The summed E-state index contributed by atoms with van der Waals surface area (Å²) in [7, 11) is 0.877. The molecular formula is C15H21ClFN3O2S2. The average Bonchev–Trinajstić information content (AvgIpc) is 2.83. The molecule has 9 heteroatoms. The monoisotopic (exact) mass is 393 g/mol. The molecule has 1 aromatic carbocycles. The molecule has 0 amide bonds. The number of likely N-dealkylation sites (N-methyl/N-ethyl adjacent to an activating group) is 1. The van der Waals surface area contributed by atoms with Gasteiger partial charge in [0, 0.05) is 24.8 Å². The molecule has 1 fully saturated rings. The molecular weight excluding hydrogens is 373 g/mol. The summed E-state index contributed by atoms with van der Waals surface area (Å²) in [5.41, 5.74) is 0.571. The van der Waals surface area contributed by atoms with E-state index in [1.165, 1.54) is 12.1 Å². The number of nitrogens with zero attached hydrogens (tertiary/aromatic N) is 2. The predicted molar refractivity (Wildman–Crippen MR) is 99.9 cm³/mol. The summed E-state index contributed by atoms with van der Waals surface area (Å²) >= 11 is 11.2. The zero-order valence-corrected chi connectivity index (χ0v) is 16.0. The van der Waals surface area contributed by atoms with Crippen LogP contribution in [0, 0.1) is 5.82 Å². The van der Waals surface area contributed by atoms with Crippen LogP contribution in [0.3, 0.4) is 0 Å². The van der Waals surface area contributed by atoms with Gasteiger partial charge in [0.2, 0.25) is 0 Å². The maximum absolute atomic E-state index is 13.3. The lowest BCUT2D eigenvalue weighted by Crippen LogP contribution is -2.46. The van der Waals surface area contributed by atoms with E-state index in [1.54, 1.807) is 6.07 Å². The van der Waals surface area contributed by atoms with Crippen LogP contribution in [0.5, 0.6) is 0 Å². The van der Waals surface area contributed by atoms with Gasteiger partial charge in [0.25, 0.3) is 0 Å². The van der Waals surface area contributed by atoms with Gasteiger partial charge < -0.3 is 15.1 Å². The Labute approximate surface area is 152 Å². The lowest BCUT2D eigenvalue weighted by Gasteiger charge is -2.32. The summed E-state index contributed by atoms with van der Waals surface area (Å²) in [5.74, 6) is -0.215. The number of benzene rings is 1. The molecule has 5 nitrogen and oxygen atoms in total. The molecule has 1 N–H and O–H groups in total. The number of nitrogens with one attached hydrogen (secondary N) is 1. The van der Waals surface area contributed by atoms with Crippen LogP contribution >= 0.6 is 23.8 Å². The number of anilines is 1. The van der Waals surface area contributed by atoms with Crippen molar-refractivity contribution in [3.63, 3.8) is 0 Å². The molecule has 1 aliphatic rings. The second kappa shape index (κ2) is 7.95. The number of sulfone groups is 1. The van der Waals surface area contributed by atoms with Gasteiger partial charge in [0.05, 0.1) is 16.5 Å². The van der Waals surface area contributed by atoms with Crippen LogP contribution in [-0.4, -0.2) is 68.1 Å². The smallest absolute Gasteiger partial charge is 0.173 e. The fraction of sp³-hybridized carbons (Fsp3) is 0.533. The highest BCUT2D eigenvalue weighted by Gasteiger charge is 2.33. The molecule has 1 saturated heterocycles. The molecule has 1 atom stereocenters. The normalized spacial score (nSPS) is 19.5. The van der Waals surface area contributed by atoms with Crippen molar-refractivity contribution in [2.24, 2.45) is 0 Å². The fourth-order valence-corrected chi connectivity index (χ4v) is 4.82. The minimum absolute atomic E-state index is 0.00563. The van der Waals surface area contributed by atoms with Gasteiger partial charge in [0.1, 0.15) is 5.82 Å². The van der Waals surface area contributed by atoms with Gasteiger partial charge in [-0.15, -0.1) is 0 Å². The minimum Gasteiger partial charge on any atom is -0.344 e. The van der Waals surface area contributed by atoms with Gasteiger partial charge in [-0.25, -0.2) is 12.8 Å². The first-order chi connectivity index (χ1) is 11.2. The summed E-state index contributed by atoms with van der Waals surface area (Å²) < 4.78 is 36.8. The number of rotatable bonds is 5. The Kier molecular flexibility index (Phi) is 6.41. The van der Waals surface area contributed by atoms with Crippen molar-refractivity contribution in [2.45, 2.75) is 12.5 Å². The van der Waals surface area contributed by atoms with E-state index in [0.29, 0.717) is 23.8 Å². The molecule has 0 radical (unpaired) electrons. The van der Waals surface area contributed by atoms with Gasteiger partial charge in [-0.2, -0.15) is 0 Å². The zero-order chi connectivity index (χ0) is 17.9. The van der Waals surface area contributed by atoms with Crippen molar-refractivity contribution < 1.29 is 12.8 Å². The molecule has 1 heterocycles.